The van der Waals surface area contributed by atoms with Gasteiger partial charge in [0, 0.05) is 0 Å². The summed E-state index contributed by atoms with van der Waals surface area (Å²) in [5, 5.41) is 0. The zero-order valence-electron chi connectivity index (χ0n) is 7.76. The third kappa shape index (κ3) is 2.82. The Morgan fingerprint density at radius 1 is 1.42 bits per heavy atom. The van der Waals surface area contributed by atoms with Gasteiger partial charge in [0.2, 0.25) is 5.82 Å². The molecule has 0 radical (unpaired) electrons. The minimum absolute atomic E-state index is 0.00694. The molecule has 12 heavy (non-hydrogen) atoms. The SMILES string of the molecule is CC.COc1nc(C)ncc1F. The number of halogens is 1. The molecule has 0 unspecified atom stereocenters. The van der Waals surface area contributed by atoms with Crippen molar-refractivity contribution in [3.8, 4) is 5.88 Å². The van der Waals surface area contributed by atoms with Gasteiger partial charge >= 0.3 is 0 Å². The van der Waals surface area contributed by atoms with Crippen LogP contribution in [-0.2, 0) is 0 Å². The van der Waals surface area contributed by atoms with Crippen LogP contribution >= 0.6 is 0 Å². The van der Waals surface area contributed by atoms with Gasteiger partial charge in [0.05, 0.1) is 13.3 Å². The van der Waals surface area contributed by atoms with E-state index in [1.165, 1.54) is 7.11 Å². The van der Waals surface area contributed by atoms with Crippen molar-refractivity contribution in [2.75, 3.05) is 7.11 Å². The summed E-state index contributed by atoms with van der Waals surface area (Å²) in [4.78, 5) is 7.30. The van der Waals surface area contributed by atoms with E-state index in [1.807, 2.05) is 13.8 Å². The standard InChI is InChI=1S/C6H7FN2O.C2H6/c1-4-8-3-5(7)6(9-4)10-2;1-2/h3H,1-2H3;1-2H3. The van der Waals surface area contributed by atoms with Gasteiger partial charge in [0.1, 0.15) is 5.82 Å². The van der Waals surface area contributed by atoms with Crippen molar-refractivity contribution in [1.29, 1.82) is 0 Å². The van der Waals surface area contributed by atoms with Crippen molar-refractivity contribution in [3.63, 3.8) is 0 Å². The van der Waals surface area contributed by atoms with E-state index in [1.54, 1.807) is 6.92 Å². The maximum absolute atomic E-state index is 12.5. The lowest BCUT2D eigenvalue weighted by atomic mass is 10.5. The molecule has 0 amide bonds. The lowest BCUT2D eigenvalue weighted by Crippen LogP contribution is -1.95. The van der Waals surface area contributed by atoms with E-state index in [4.69, 9.17) is 0 Å². The molecule has 0 aromatic carbocycles. The lowest BCUT2D eigenvalue weighted by Gasteiger charge is -1.98. The molecule has 3 nitrogen and oxygen atoms in total. The van der Waals surface area contributed by atoms with Crippen LogP contribution in [0.2, 0.25) is 0 Å². The summed E-state index contributed by atoms with van der Waals surface area (Å²) in [5.74, 6) is -0.0427. The Hall–Kier alpha value is -1.19. The van der Waals surface area contributed by atoms with E-state index in [-0.39, 0.29) is 5.88 Å². The van der Waals surface area contributed by atoms with Crippen LogP contribution in [0.1, 0.15) is 19.7 Å². The molecule has 1 aromatic heterocycles. The van der Waals surface area contributed by atoms with Crippen molar-refractivity contribution in [3.05, 3.63) is 17.8 Å². The summed E-state index contributed by atoms with van der Waals surface area (Å²) in [6.45, 7) is 5.67. The smallest absolute Gasteiger partial charge is 0.253 e. The predicted octanol–water partition coefficient (Wildman–Crippen LogP) is 1.96. The summed E-state index contributed by atoms with van der Waals surface area (Å²) >= 11 is 0. The summed E-state index contributed by atoms with van der Waals surface area (Å²) in [6.07, 6.45) is 1.08. The molecule has 0 fully saturated rings. The highest BCUT2D eigenvalue weighted by atomic mass is 19.1. The van der Waals surface area contributed by atoms with Crippen molar-refractivity contribution in [2.45, 2.75) is 20.8 Å². The maximum Gasteiger partial charge on any atom is 0.253 e. The molecule has 1 heterocycles. The van der Waals surface area contributed by atoms with Crippen molar-refractivity contribution >= 4 is 0 Å². The van der Waals surface area contributed by atoms with Gasteiger partial charge in [-0.15, -0.1) is 0 Å². The first-order chi connectivity index (χ1) is 5.74. The number of aromatic nitrogens is 2. The van der Waals surface area contributed by atoms with E-state index in [0.717, 1.165) is 6.20 Å². The Kier molecular flexibility index (Phi) is 4.92. The van der Waals surface area contributed by atoms with Gasteiger partial charge in [-0.05, 0) is 6.92 Å². The molecule has 0 atom stereocenters. The summed E-state index contributed by atoms with van der Waals surface area (Å²) < 4.78 is 17.1. The molecule has 0 aliphatic rings. The van der Waals surface area contributed by atoms with Gasteiger partial charge < -0.3 is 4.74 Å². The Bertz CT molecular complexity index is 240. The van der Waals surface area contributed by atoms with Crippen LogP contribution in [0.4, 0.5) is 4.39 Å². The second-order valence-electron chi connectivity index (χ2n) is 1.77. The zero-order chi connectivity index (χ0) is 9.56. The van der Waals surface area contributed by atoms with Crippen LogP contribution in [0.3, 0.4) is 0 Å². The molecule has 0 N–H and O–H groups in total. The molecule has 1 rings (SSSR count). The topological polar surface area (TPSA) is 35.0 Å². The zero-order valence-corrected chi connectivity index (χ0v) is 7.76. The maximum atomic E-state index is 12.5. The van der Waals surface area contributed by atoms with Crippen LogP contribution in [0.5, 0.6) is 5.88 Å². The Morgan fingerprint density at radius 3 is 2.42 bits per heavy atom. The average molecular weight is 172 g/mol. The van der Waals surface area contributed by atoms with Crippen molar-refractivity contribution in [1.82, 2.24) is 9.97 Å². The van der Waals surface area contributed by atoms with E-state index in [9.17, 15) is 4.39 Å². The van der Waals surface area contributed by atoms with E-state index in [0.29, 0.717) is 5.82 Å². The second-order valence-corrected chi connectivity index (χ2v) is 1.77. The normalized spacial score (nSPS) is 8.42. The van der Waals surface area contributed by atoms with Crippen molar-refractivity contribution in [2.24, 2.45) is 0 Å². The van der Waals surface area contributed by atoms with Gasteiger partial charge in [0.25, 0.3) is 5.88 Å². The molecular formula is C8H13FN2O. The lowest BCUT2D eigenvalue weighted by molar-refractivity contribution is 0.365. The Labute approximate surface area is 71.6 Å². The number of hydrogen-bond donors (Lipinski definition) is 0. The number of aryl methyl sites for hydroxylation is 1. The molecular weight excluding hydrogens is 159 g/mol. The van der Waals surface area contributed by atoms with Crippen LogP contribution < -0.4 is 4.74 Å². The molecule has 1 aromatic rings. The highest BCUT2D eigenvalue weighted by Gasteiger charge is 2.02. The van der Waals surface area contributed by atoms with Gasteiger partial charge in [-0.3, -0.25) is 0 Å². The number of nitrogens with zero attached hydrogens (tertiary/aromatic N) is 2. The van der Waals surface area contributed by atoms with Gasteiger partial charge in [-0.2, -0.15) is 9.37 Å². The first kappa shape index (κ1) is 10.8. The number of hydrogen-bond acceptors (Lipinski definition) is 3. The molecule has 0 aliphatic heterocycles. The van der Waals surface area contributed by atoms with E-state index in [2.05, 4.69) is 14.7 Å². The monoisotopic (exact) mass is 172 g/mol. The van der Waals surface area contributed by atoms with Crippen molar-refractivity contribution < 1.29 is 9.13 Å². The minimum Gasteiger partial charge on any atom is -0.479 e. The number of rotatable bonds is 1. The number of ether oxygens (including phenoxy) is 1. The minimum atomic E-state index is -0.534. The van der Waals surface area contributed by atoms with E-state index >= 15 is 0 Å². The van der Waals surface area contributed by atoms with Crippen LogP contribution in [0.15, 0.2) is 6.20 Å². The third-order valence-corrected chi connectivity index (χ3v) is 1.03. The molecule has 0 saturated carbocycles. The fourth-order valence-electron chi connectivity index (χ4n) is 0.578. The van der Waals surface area contributed by atoms with E-state index < -0.39 is 5.82 Å². The largest absolute Gasteiger partial charge is 0.479 e. The summed E-state index contributed by atoms with van der Waals surface area (Å²) in [5.41, 5.74) is 0. The molecule has 68 valence electrons. The molecule has 4 heteroatoms. The van der Waals surface area contributed by atoms with Gasteiger partial charge in [-0.1, -0.05) is 13.8 Å². The van der Waals surface area contributed by atoms with Crippen LogP contribution in [-0.4, -0.2) is 17.1 Å². The first-order valence-electron chi connectivity index (χ1n) is 3.77. The molecule has 0 aliphatic carbocycles. The third-order valence-electron chi connectivity index (χ3n) is 1.03. The predicted molar refractivity (Wildman–Crippen MR) is 44.6 cm³/mol. The fraction of sp³-hybridized carbons (Fsp3) is 0.500. The van der Waals surface area contributed by atoms with Crippen LogP contribution in [0, 0.1) is 12.7 Å². The Morgan fingerprint density at radius 2 is 2.00 bits per heavy atom. The molecule has 0 spiro atoms. The van der Waals surface area contributed by atoms with Gasteiger partial charge in [-0.25, -0.2) is 4.98 Å². The number of methoxy groups -OCH3 is 1. The molecule has 0 bridgehead atoms. The highest BCUT2D eigenvalue weighted by Crippen LogP contribution is 2.09. The first-order valence-corrected chi connectivity index (χ1v) is 3.77. The highest BCUT2D eigenvalue weighted by molar-refractivity contribution is 5.10. The second kappa shape index (κ2) is 5.46. The summed E-state index contributed by atoms with van der Waals surface area (Å²) in [6, 6.07) is 0. The average Bonchev–Trinajstić information content (AvgIpc) is 2.13. The molecule has 0 saturated heterocycles. The fourth-order valence-corrected chi connectivity index (χ4v) is 0.578. The van der Waals surface area contributed by atoms with Crippen LogP contribution in [0.25, 0.3) is 0 Å². The quantitative estimate of drug-likeness (QED) is 0.649. The Balaban J connectivity index is 0.000000561. The van der Waals surface area contributed by atoms with Gasteiger partial charge in [0.15, 0.2) is 0 Å². The summed E-state index contributed by atoms with van der Waals surface area (Å²) in [7, 11) is 1.37.